The number of carbonyl (C=O) groups is 1. The Kier molecular flexibility index (Phi) is 6.27. The van der Waals surface area contributed by atoms with E-state index in [1.807, 2.05) is 50.2 Å². The summed E-state index contributed by atoms with van der Waals surface area (Å²) in [6.45, 7) is 3.88. The Balaban J connectivity index is 1.62. The first-order chi connectivity index (χ1) is 15.5. The minimum Gasteiger partial charge on any atom is -0.495 e. The van der Waals surface area contributed by atoms with Gasteiger partial charge < -0.3 is 10.1 Å². The lowest BCUT2D eigenvalue weighted by molar-refractivity contribution is -0.115. The van der Waals surface area contributed by atoms with Gasteiger partial charge in [-0.3, -0.25) is 18.6 Å². The second kappa shape index (κ2) is 9.27. The summed E-state index contributed by atoms with van der Waals surface area (Å²) in [7, 11) is 1.56. The van der Waals surface area contributed by atoms with Crippen molar-refractivity contribution in [2.45, 2.75) is 30.7 Å². The van der Waals surface area contributed by atoms with Gasteiger partial charge in [0.05, 0.1) is 18.0 Å². The second-order valence-corrected chi connectivity index (χ2v) is 8.31. The molecule has 1 N–H and O–H groups in total. The second-order valence-electron chi connectivity index (χ2n) is 7.14. The summed E-state index contributed by atoms with van der Waals surface area (Å²) >= 11 is 1.28. The Hall–Kier alpha value is -3.59. The zero-order valence-corrected chi connectivity index (χ0v) is 18.8. The number of para-hydroxylation sites is 3. The van der Waals surface area contributed by atoms with Crippen LogP contribution in [0.3, 0.4) is 0 Å². The molecule has 0 aliphatic heterocycles. The van der Waals surface area contributed by atoms with Gasteiger partial charge in [-0.1, -0.05) is 49.0 Å². The maximum absolute atomic E-state index is 13.1. The van der Waals surface area contributed by atoms with E-state index in [4.69, 9.17) is 4.74 Å². The van der Waals surface area contributed by atoms with Crippen LogP contribution in [0.5, 0.6) is 5.75 Å². The average Bonchev–Trinajstić information content (AvgIpc) is 3.22. The topological polar surface area (TPSA) is 90.5 Å². The lowest BCUT2D eigenvalue weighted by atomic mass is 10.2. The van der Waals surface area contributed by atoms with Crippen molar-refractivity contribution in [2.75, 3.05) is 12.4 Å². The smallest absolute Gasteiger partial charge is 0.300 e. The van der Waals surface area contributed by atoms with Crippen LogP contribution in [0.4, 0.5) is 5.69 Å². The predicted molar refractivity (Wildman–Crippen MR) is 125 cm³/mol. The lowest BCUT2D eigenvalue weighted by Crippen LogP contribution is -2.25. The van der Waals surface area contributed by atoms with Crippen LogP contribution in [-0.2, 0) is 4.79 Å². The third-order valence-electron chi connectivity index (χ3n) is 5.10. The molecule has 0 saturated heterocycles. The third kappa shape index (κ3) is 4.11. The molecule has 4 aromatic rings. The molecule has 32 heavy (non-hydrogen) atoms. The molecule has 164 valence electrons. The van der Waals surface area contributed by atoms with E-state index in [-0.39, 0.29) is 17.1 Å². The summed E-state index contributed by atoms with van der Waals surface area (Å²) in [6.07, 6.45) is 3.96. The molecule has 0 radical (unpaired) electrons. The summed E-state index contributed by atoms with van der Waals surface area (Å²) in [6, 6.07) is 14.9. The number of benzene rings is 2. The molecule has 2 heterocycles. The minimum atomic E-state index is -0.390. The van der Waals surface area contributed by atoms with Crippen LogP contribution in [-0.4, -0.2) is 37.4 Å². The predicted octanol–water partition coefficient (Wildman–Crippen LogP) is 3.71. The van der Waals surface area contributed by atoms with E-state index in [2.05, 4.69) is 15.5 Å². The van der Waals surface area contributed by atoms with Gasteiger partial charge in [0.25, 0.3) is 0 Å². The molecule has 4 rings (SSSR count). The molecule has 0 aliphatic carbocycles. The Bertz CT molecular complexity index is 1330. The lowest BCUT2D eigenvalue weighted by Gasteiger charge is -2.15. The molecule has 1 atom stereocenters. The maximum Gasteiger partial charge on any atom is 0.300 e. The van der Waals surface area contributed by atoms with Gasteiger partial charge in [-0.15, -0.1) is 10.2 Å². The van der Waals surface area contributed by atoms with Crippen LogP contribution in [0, 0.1) is 6.92 Å². The van der Waals surface area contributed by atoms with E-state index < -0.39 is 5.25 Å². The molecule has 0 fully saturated rings. The number of carbonyl (C=O) groups excluding carboxylic acids is 1. The maximum atomic E-state index is 13.1. The molecule has 0 unspecified atom stereocenters. The highest BCUT2D eigenvalue weighted by molar-refractivity contribution is 8.00. The van der Waals surface area contributed by atoms with Crippen molar-refractivity contribution >= 4 is 29.0 Å². The van der Waals surface area contributed by atoms with E-state index in [9.17, 15) is 9.59 Å². The van der Waals surface area contributed by atoms with Gasteiger partial charge in [-0.25, -0.2) is 0 Å². The Morgan fingerprint density at radius 1 is 1.12 bits per heavy atom. The van der Waals surface area contributed by atoms with E-state index in [0.29, 0.717) is 23.0 Å². The van der Waals surface area contributed by atoms with Crippen molar-refractivity contribution in [2.24, 2.45) is 0 Å². The fraction of sp³-hybridized carbons (Fsp3) is 0.217. The fourth-order valence-electron chi connectivity index (χ4n) is 3.34. The van der Waals surface area contributed by atoms with E-state index in [1.54, 1.807) is 36.0 Å². The number of anilines is 1. The van der Waals surface area contributed by atoms with Gasteiger partial charge in [0.15, 0.2) is 5.16 Å². The minimum absolute atomic E-state index is 0.120. The van der Waals surface area contributed by atoms with Gasteiger partial charge in [-0.05, 0) is 37.1 Å². The number of hydrogen-bond acceptors (Lipinski definition) is 6. The molecular weight excluding hydrogens is 426 g/mol. The highest BCUT2D eigenvalue weighted by atomic mass is 32.2. The van der Waals surface area contributed by atoms with Crippen LogP contribution in [0.15, 0.2) is 70.9 Å². The first-order valence-electron chi connectivity index (χ1n) is 10.2. The first-order valence-corrected chi connectivity index (χ1v) is 11.0. The Labute approximate surface area is 189 Å². The highest BCUT2D eigenvalue weighted by Gasteiger charge is 2.22. The molecule has 0 spiro atoms. The number of amides is 1. The first kappa shape index (κ1) is 21.6. The molecule has 8 nitrogen and oxygen atoms in total. The number of nitrogens with zero attached hydrogens (tertiary/aromatic N) is 4. The number of nitrogens with one attached hydrogen (secondary N) is 1. The zero-order chi connectivity index (χ0) is 22.7. The van der Waals surface area contributed by atoms with Crippen molar-refractivity contribution < 1.29 is 9.53 Å². The normalized spacial score (nSPS) is 12.0. The van der Waals surface area contributed by atoms with Crippen LogP contribution < -0.4 is 15.6 Å². The number of hydrogen-bond donors (Lipinski definition) is 1. The number of thioether (sulfide) groups is 1. The Morgan fingerprint density at radius 3 is 2.62 bits per heavy atom. The van der Waals surface area contributed by atoms with Crippen LogP contribution in [0.25, 0.3) is 11.3 Å². The molecule has 0 saturated carbocycles. The molecule has 0 aliphatic rings. The number of methoxy groups -OCH3 is 1. The molecule has 2 aromatic carbocycles. The van der Waals surface area contributed by atoms with Crippen molar-refractivity contribution in [1.82, 2.24) is 19.2 Å². The molecule has 2 aromatic heterocycles. The average molecular weight is 450 g/mol. The number of ether oxygens (including phenoxy) is 1. The van der Waals surface area contributed by atoms with E-state index >= 15 is 0 Å². The number of fused-ring (bicyclic) bond motifs is 1. The van der Waals surface area contributed by atoms with Gasteiger partial charge in [0.2, 0.25) is 11.6 Å². The Morgan fingerprint density at radius 2 is 1.88 bits per heavy atom. The quantitative estimate of drug-likeness (QED) is 0.433. The number of aryl methyl sites for hydroxylation is 1. The van der Waals surface area contributed by atoms with Crippen molar-refractivity contribution in [3.63, 3.8) is 0 Å². The SMILES string of the molecule is CC[C@H](Sc1nnc2c(=O)n(-c3ccccc3OC)ccn12)C(=O)Nc1ccccc1C. The van der Waals surface area contributed by atoms with Gasteiger partial charge in [0.1, 0.15) is 5.75 Å². The van der Waals surface area contributed by atoms with Crippen LogP contribution >= 0.6 is 11.8 Å². The van der Waals surface area contributed by atoms with Crippen molar-refractivity contribution in [3.8, 4) is 11.4 Å². The van der Waals surface area contributed by atoms with Crippen molar-refractivity contribution in [3.05, 3.63) is 76.8 Å². The number of aromatic nitrogens is 4. The van der Waals surface area contributed by atoms with Crippen molar-refractivity contribution in [1.29, 1.82) is 0 Å². The van der Waals surface area contributed by atoms with E-state index in [1.165, 1.54) is 16.3 Å². The zero-order valence-electron chi connectivity index (χ0n) is 18.0. The van der Waals surface area contributed by atoms with Crippen LogP contribution in [0.2, 0.25) is 0 Å². The standard InChI is InChI=1S/C23H23N5O3S/c1-4-19(21(29)24-16-10-6-5-9-15(16)2)32-23-26-25-20-22(30)27(13-14-28(20)23)17-11-7-8-12-18(17)31-3/h5-14,19H,4H2,1-3H3,(H,24,29)/t19-/m0/s1. The summed E-state index contributed by atoms with van der Waals surface area (Å²) in [4.78, 5) is 25.9. The van der Waals surface area contributed by atoms with Gasteiger partial charge in [-0.2, -0.15) is 0 Å². The van der Waals surface area contributed by atoms with Crippen LogP contribution in [0.1, 0.15) is 18.9 Å². The summed E-state index contributed by atoms with van der Waals surface area (Å²) in [5.41, 5.74) is 2.24. The van der Waals surface area contributed by atoms with Gasteiger partial charge >= 0.3 is 5.56 Å². The molecule has 1 amide bonds. The monoisotopic (exact) mass is 449 g/mol. The summed E-state index contributed by atoms with van der Waals surface area (Å²) in [5, 5.41) is 11.3. The fourth-order valence-corrected chi connectivity index (χ4v) is 4.28. The van der Waals surface area contributed by atoms with E-state index in [0.717, 1.165) is 11.3 Å². The highest BCUT2D eigenvalue weighted by Crippen LogP contribution is 2.26. The van der Waals surface area contributed by atoms with Gasteiger partial charge in [0, 0.05) is 18.1 Å². The summed E-state index contributed by atoms with van der Waals surface area (Å²) in [5.74, 6) is 0.456. The molecular formula is C23H23N5O3S. The largest absolute Gasteiger partial charge is 0.495 e. The summed E-state index contributed by atoms with van der Waals surface area (Å²) < 4.78 is 8.46. The number of rotatable bonds is 7. The third-order valence-corrected chi connectivity index (χ3v) is 6.42. The molecule has 9 heteroatoms. The molecule has 0 bridgehead atoms.